The highest BCUT2D eigenvalue weighted by molar-refractivity contribution is 5.56. The molecule has 0 aromatic carbocycles. The predicted octanol–water partition coefficient (Wildman–Crippen LogP) is 2.92. The first-order valence-corrected chi connectivity index (χ1v) is 6.35. The maximum Gasteiger partial charge on any atom is 0.163 e. The van der Waals surface area contributed by atoms with Gasteiger partial charge in [0.15, 0.2) is 5.82 Å². The van der Waals surface area contributed by atoms with Crippen molar-refractivity contribution in [1.29, 1.82) is 0 Å². The van der Waals surface area contributed by atoms with Gasteiger partial charge < -0.3 is 5.32 Å². The number of hydrogen-bond donors (Lipinski definition) is 1. The minimum Gasteiger partial charge on any atom is -0.370 e. The van der Waals surface area contributed by atoms with Gasteiger partial charge in [-0.05, 0) is 25.0 Å². The summed E-state index contributed by atoms with van der Waals surface area (Å²) in [5, 5.41) is 3.31. The highest BCUT2D eigenvalue weighted by Crippen LogP contribution is 2.17. The van der Waals surface area contributed by atoms with Gasteiger partial charge in [-0.25, -0.2) is 9.97 Å². The van der Waals surface area contributed by atoms with E-state index in [1.807, 2.05) is 18.2 Å². The number of aryl methyl sites for hydroxylation is 1. The standard InChI is InChI=1S/C14H18N4/c1-3-7-16-13-9-12(4-2)17-14(18-13)11-6-5-8-15-10-11/h5-6,8-10H,3-4,7H2,1-2H3,(H,16,17,18). The second-order valence-electron chi connectivity index (χ2n) is 4.09. The highest BCUT2D eigenvalue weighted by atomic mass is 15.0. The van der Waals surface area contributed by atoms with Gasteiger partial charge in [-0.3, -0.25) is 4.98 Å². The van der Waals surface area contributed by atoms with Crippen molar-refractivity contribution in [1.82, 2.24) is 15.0 Å². The fourth-order valence-electron chi connectivity index (χ4n) is 1.65. The molecule has 0 saturated carbocycles. The Hall–Kier alpha value is -1.97. The summed E-state index contributed by atoms with van der Waals surface area (Å²) in [5.74, 6) is 1.63. The summed E-state index contributed by atoms with van der Waals surface area (Å²) >= 11 is 0. The van der Waals surface area contributed by atoms with Gasteiger partial charge in [0.2, 0.25) is 0 Å². The summed E-state index contributed by atoms with van der Waals surface area (Å²) in [6, 6.07) is 5.89. The minimum atomic E-state index is 0.737. The quantitative estimate of drug-likeness (QED) is 0.875. The van der Waals surface area contributed by atoms with E-state index in [0.29, 0.717) is 0 Å². The third kappa shape index (κ3) is 3.03. The van der Waals surface area contributed by atoms with Gasteiger partial charge in [-0.2, -0.15) is 0 Å². The molecular weight excluding hydrogens is 224 g/mol. The first-order valence-electron chi connectivity index (χ1n) is 6.35. The van der Waals surface area contributed by atoms with Crippen LogP contribution in [0.25, 0.3) is 11.4 Å². The Morgan fingerprint density at radius 3 is 2.78 bits per heavy atom. The van der Waals surface area contributed by atoms with E-state index in [1.54, 1.807) is 12.4 Å². The molecule has 2 aromatic heterocycles. The van der Waals surface area contributed by atoms with Crippen molar-refractivity contribution in [3.05, 3.63) is 36.3 Å². The summed E-state index contributed by atoms with van der Waals surface area (Å²) in [5.41, 5.74) is 2.00. The van der Waals surface area contributed by atoms with Gasteiger partial charge in [0.1, 0.15) is 5.82 Å². The second-order valence-corrected chi connectivity index (χ2v) is 4.09. The molecule has 1 N–H and O–H groups in total. The topological polar surface area (TPSA) is 50.7 Å². The summed E-state index contributed by atoms with van der Waals surface area (Å²) < 4.78 is 0. The molecule has 0 aliphatic carbocycles. The summed E-state index contributed by atoms with van der Waals surface area (Å²) in [4.78, 5) is 13.2. The van der Waals surface area contributed by atoms with Gasteiger partial charge in [0.25, 0.3) is 0 Å². The van der Waals surface area contributed by atoms with Gasteiger partial charge in [0, 0.05) is 36.3 Å². The first-order chi connectivity index (χ1) is 8.83. The number of aromatic nitrogens is 3. The summed E-state index contributed by atoms with van der Waals surface area (Å²) in [6.07, 6.45) is 5.52. The molecule has 18 heavy (non-hydrogen) atoms. The van der Waals surface area contributed by atoms with Crippen LogP contribution in [0, 0.1) is 0 Å². The Morgan fingerprint density at radius 2 is 2.11 bits per heavy atom. The number of nitrogens with one attached hydrogen (secondary N) is 1. The van der Waals surface area contributed by atoms with E-state index in [-0.39, 0.29) is 0 Å². The van der Waals surface area contributed by atoms with Crippen LogP contribution in [0.1, 0.15) is 26.0 Å². The van der Waals surface area contributed by atoms with Gasteiger partial charge in [-0.15, -0.1) is 0 Å². The minimum absolute atomic E-state index is 0.737. The number of pyridine rings is 1. The molecule has 0 unspecified atom stereocenters. The fourth-order valence-corrected chi connectivity index (χ4v) is 1.65. The molecule has 2 aromatic rings. The van der Waals surface area contributed by atoms with Crippen LogP contribution in [0.4, 0.5) is 5.82 Å². The monoisotopic (exact) mass is 242 g/mol. The van der Waals surface area contributed by atoms with E-state index >= 15 is 0 Å². The number of rotatable bonds is 5. The lowest BCUT2D eigenvalue weighted by atomic mass is 10.2. The van der Waals surface area contributed by atoms with Crippen molar-refractivity contribution in [2.24, 2.45) is 0 Å². The lowest BCUT2D eigenvalue weighted by molar-refractivity contribution is 0.951. The van der Waals surface area contributed by atoms with Crippen LogP contribution in [-0.4, -0.2) is 21.5 Å². The van der Waals surface area contributed by atoms with Gasteiger partial charge in [-0.1, -0.05) is 13.8 Å². The van der Waals surface area contributed by atoms with Crippen molar-refractivity contribution in [2.75, 3.05) is 11.9 Å². The highest BCUT2D eigenvalue weighted by Gasteiger charge is 2.05. The van der Waals surface area contributed by atoms with Crippen LogP contribution in [0.5, 0.6) is 0 Å². The van der Waals surface area contributed by atoms with Crippen LogP contribution in [0.3, 0.4) is 0 Å². The molecule has 4 nitrogen and oxygen atoms in total. The average Bonchev–Trinajstić information content (AvgIpc) is 2.45. The largest absolute Gasteiger partial charge is 0.370 e. The van der Waals surface area contributed by atoms with Crippen molar-refractivity contribution in [3.63, 3.8) is 0 Å². The number of nitrogens with zero attached hydrogens (tertiary/aromatic N) is 3. The molecule has 0 aliphatic rings. The molecule has 0 bridgehead atoms. The smallest absolute Gasteiger partial charge is 0.163 e. The summed E-state index contributed by atoms with van der Waals surface area (Å²) in [6.45, 7) is 5.16. The van der Waals surface area contributed by atoms with Crippen LogP contribution >= 0.6 is 0 Å². The molecule has 0 radical (unpaired) electrons. The van der Waals surface area contributed by atoms with E-state index in [9.17, 15) is 0 Å². The molecule has 94 valence electrons. The molecule has 0 aliphatic heterocycles. The van der Waals surface area contributed by atoms with Crippen LogP contribution in [-0.2, 0) is 6.42 Å². The molecule has 0 saturated heterocycles. The van der Waals surface area contributed by atoms with E-state index < -0.39 is 0 Å². The van der Waals surface area contributed by atoms with Crippen LogP contribution in [0.15, 0.2) is 30.6 Å². The van der Waals surface area contributed by atoms with Gasteiger partial charge >= 0.3 is 0 Å². The molecule has 0 fully saturated rings. The van der Waals surface area contributed by atoms with E-state index in [4.69, 9.17) is 0 Å². The fraction of sp³-hybridized carbons (Fsp3) is 0.357. The Kier molecular flexibility index (Phi) is 4.23. The van der Waals surface area contributed by atoms with E-state index in [0.717, 1.165) is 42.3 Å². The molecule has 0 amide bonds. The maximum atomic E-state index is 4.54. The van der Waals surface area contributed by atoms with Gasteiger partial charge in [0.05, 0.1) is 0 Å². The molecule has 4 heteroatoms. The SMILES string of the molecule is CCCNc1cc(CC)nc(-c2cccnc2)n1. The van der Waals surface area contributed by atoms with E-state index in [2.05, 4.69) is 34.1 Å². The van der Waals surface area contributed by atoms with Crippen molar-refractivity contribution < 1.29 is 0 Å². The molecule has 2 heterocycles. The lowest BCUT2D eigenvalue weighted by Gasteiger charge is -2.08. The zero-order valence-corrected chi connectivity index (χ0v) is 10.8. The zero-order valence-electron chi connectivity index (χ0n) is 10.8. The molecule has 0 atom stereocenters. The lowest BCUT2D eigenvalue weighted by Crippen LogP contribution is -2.05. The molecular formula is C14H18N4. The number of anilines is 1. The van der Waals surface area contributed by atoms with Crippen LogP contribution < -0.4 is 5.32 Å². The maximum absolute atomic E-state index is 4.54. The Labute approximate surface area is 108 Å². The van der Waals surface area contributed by atoms with Crippen molar-refractivity contribution in [2.45, 2.75) is 26.7 Å². The normalized spacial score (nSPS) is 10.3. The third-order valence-electron chi connectivity index (χ3n) is 2.62. The van der Waals surface area contributed by atoms with Crippen molar-refractivity contribution >= 4 is 5.82 Å². The Balaban J connectivity index is 2.35. The second kappa shape index (κ2) is 6.10. The Morgan fingerprint density at radius 1 is 1.22 bits per heavy atom. The average molecular weight is 242 g/mol. The Bertz CT molecular complexity index is 496. The first kappa shape index (κ1) is 12.5. The number of hydrogen-bond acceptors (Lipinski definition) is 4. The van der Waals surface area contributed by atoms with E-state index in [1.165, 1.54) is 0 Å². The molecule has 2 rings (SSSR count). The predicted molar refractivity (Wildman–Crippen MR) is 73.4 cm³/mol. The molecule has 0 spiro atoms. The van der Waals surface area contributed by atoms with Crippen LogP contribution in [0.2, 0.25) is 0 Å². The van der Waals surface area contributed by atoms with Crippen molar-refractivity contribution in [3.8, 4) is 11.4 Å². The third-order valence-corrected chi connectivity index (χ3v) is 2.62. The zero-order chi connectivity index (χ0) is 12.8. The summed E-state index contributed by atoms with van der Waals surface area (Å²) in [7, 11) is 0.